The topological polar surface area (TPSA) is 51.0 Å². The van der Waals surface area contributed by atoms with Crippen molar-refractivity contribution in [2.45, 2.75) is 44.2 Å². The van der Waals surface area contributed by atoms with Crippen molar-refractivity contribution in [1.29, 1.82) is 0 Å². The van der Waals surface area contributed by atoms with Gasteiger partial charge in [-0.25, -0.2) is 14.1 Å². The minimum atomic E-state index is -4.36. The van der Waals surface area contributed by atoms with Gasteiger partial charge in [-0.2, -0.15) is 13.2 Å². The molecule has 144 valence electrons. The van der Waals surface area contributed by atoms with Crippen molar-refractivity contribution in [2.24, 2.45) is 5.92 Å². The van der Waals surface area contributed by atoms with Gasteiger partial charge in [-0.1, -0.05) is 30.3 Å². The molecule has 1 aromatic heterocycles. The summed E-state index contributed by atoms with van der Waals surface area (Å²) in [4.78, 5) is 17.8. The molecular formula is C18H18F4N4O. The zero-order valence-electron chi connectivity index (χ0n) is 14.5. The van der Waals surface area contributed by atoms with Crippen LogP contribution in [0, 0.1) is 5.92 Å². The maximum absolute atomic E-state index is 14.4. The van der Waals surface area contributed by atoms with E-state index in [9.17, 15) is 22.4 Å². The van der Waals surface area contributed by atoms with Gasteiger partial charge in [-0.05, 0) is 18.9 Å². The second-order valence-corrected chi connectivity index (χ2v) is 7.04. The number of nitrogens with zero attached hydrogens (tertiary/aromatic N) is 4. The van der Waals surface area contributed by atoms with E-state index in [4.69, 9.17) is 0 Å². The van der Waals surface area contributed by atoms with Crippen LogP contribution in [0.2, 0.25) is 0 Å². The Balaban J connectivity index is 1.60. The second-order valence-electron chi connectivity index (χ2n) is 7.04. The highest BCUT2D eigenvalue weighted by molar-refractivity contribution is 5.91. The standard InChI is InChI=1S/C18H18F4N4O/c1-10-12(18(20,21)22)7-8-25(10)17(27)15-23-16-13(19)9-14(26(16)24-15)11-5-3-2-4-6-11/h2-6,10,12-14H,7-9H2,1H3/t10?,12?,13-,14-/m0/s1. The smallest absolute Gasteiger partial charge is 0.333 e. The van der Waals surface area contributed by atoms with Crippen LogP contribution in [0.15, 0.2) is 30.3 Å². The first kappa shape index (κ1) is 17.9. The molecule has 1 aromatic carbocycles. The van der Waals surface area contributed by atoms with Gasteiger partial charge in [-0.3, -0.25) is 4.79 Å². The Morgan fingerprint density at radius 2 is 1.93 bits per heavy atom. The van der Waals surface area contributed by atoms with Gasteiger partial charge < -0.3 is 4.90 Å². The third-order valence-electron chi connectivity index (χ3n) is 5.48. The number of carbonyl (C=O) groups excluding carboxylic acids is 1. The van der Waals surface area contributed by atoms with Crippen molar-refractivity contribution >= 4 is 5.91 Å². The summed E-state index contributed by atoms with van der Waals surface area (Å²) in [6.07, 6.45) is -5.71. The molecule has 9 heteroatoms. The first-order chi connectivity index (χ1) is 12.8. The summed E-state index contributed by atoms with van der Waals surface area (Å²) in [5.74, 6) is -2.45. The van der Waals surface area contributed by atoms with Crippen LogP contribution < -0.4 is 0 Å². The summed E-state index contributed by atoms with van der Waals surface area (Å²) in [7, 11) is 0. The summed E-state index contributed by atoms with van der Waals surface area (Å²) in [5.41, 5.74) is 0.842. The summed E-state index contributed by atoms with van der Waals surface area (Å²) in [6.45, 7) is 1.35. The fourth-order valence-electron chi connectivity index (χ4n) is 4.01. The predicted octanol–water partition coefficient (Wildman–Crippen LogP) is 3.69. The van der Waals surface area contributed by atoms with E-state index >= 15 is 0 Å². The van der Waals surface area contributed by atoms with E-state index in [2.05, 4.69) is 10.1 Å². The fraction of sp³-hybridized carbons (Fsp3) is 0.500. The summed E-state index contributed by atoms with van der Waals surface area (Å²) in [6, 6.07) is 7.79. The number of amides is 1. The van der Waals surface area contributed by atoms with Crippen LogP contribution in [0.25, 0.3) is 0 Å². The van der Waals surface area contributed by atoms with Crippen molar-refractivity contribution in [2.75, 3.05) is 6.54 Å². The van der Waals surface area contributed by atoms with Crippen molar-refractivity contribution in [3.05, 3.63) is 47.5 Å². The van der Waals surface area contributed by atoms with E-state index in [0.717, 1.165) is 10.5 Å². The number of hydrogen-bond donors (Lipinski definition) is 0. The first-order valence-corrected chi connectivity index (χ1v) is 8.80. The molecule has 2 unspecified atom stereocenters. The van der Waals surface area contributed by atoms with Crippen LogP contribution in [-0.4, -0.2) is 44.3 Å². The third kappa shape index (κ3) is 2.98. The Labute approximate surface area is 153 Å². The number of fused-ring (bicyclic) bond motifs is 1. The average Bonchev–Trinajstić information content (AvgIpc) is 3.29. The zero-order valence-corrected chi connectivity index (χ0v) is 14.5. The molecule has 2 aliphatic rings. The molecule has 4 rings (SSSR count). The van der Waals surface area contributed by atoms with Crippen LogP contribution in [0.5, 0.6) is 0 Å². The number of aromatic nitrogens is 3. The molecule has 0 N–H and O–H groups in total. The molecule has 5 nitrogen and oxygen atoms in total. The molecule has 1 fully saturated rings. The minimum Gasteiger partial charge on any atom is -0.333 e. The van der Waals surface area contributed by atoms with Crippen LogP contribution in [-0.2, 0) is 0 Å². The molecule has 3 heterocycles. The van der Waals surface area contributed by atoms with Crippen LogP contribution in [0.4, 0.5) is 17.6 Å². The molecule has 0 aliphatic carbocycles. The molecule has 2 aliphatic heterocycles. The van der Waals surface area contributed by atoms with Gasteiger partial charge in [0.2, 0.25) is 5.82 Å². The normalized spacial score (nSPS) is 27.8. The van der Waals surface area contributed by atoms with Gasteiger partial charge in [0, 0.05) is 19.0 Å². The Hall–Kier alpha value is -2.45. The lowest BCUT2D eigenvalue weighted by Crippen LogP contribution is -2.40. The molecule has 0 saturated carbocycles. The Kier molecular flexibility index (Phi) is 4.20. The van der Waals surface area contributed by atoms with Gasteiger partial charge in [0.15, 0.2) is 12.0 Å². The fourth-order valence-corrected chi connectivity index (χ4v) is 4.01. The number of halogens is 4. The van der Waals surface area contributed by atoms with Gasteiger partial charge >= 0.3 is 6.18 Å². The lowest BCUT2D eigenvalue weighted by atomic mass is 10.0. The van der Waals surface area contributed by atoms with Crippen LogP contribution >= 0.6 is 0 Å². The lowest BCUT2D eigenvalue weighted by molar-refractivity contribution is -0.177. The SMILES string of the molecule is CC1C(C(F)(F)F)CCN1C(=O)c1nc2n(n1)[C@H](c1ccccc1)C[C@@H]2F. The van der Waals surface area contributed by atoms with E-state index in [0.29, 0.717) is 0 Å². The highest BCUT2D eigenvalue weighted by Crippen LogP contribution is 2.41. The molecular weight excluding hydrogens is 364 g/mol. The van der Waals surface area contributed by atoms with E-state index < -0.39 is 30.2 Å². The number of benzene rings is 1. The van der Waals surface area contributed by atoms with Crippen LogP contribution in [0.1, 0.15) is 54.0 Å². The molecule has 4 atom stereocenters. The van der Waals surface area contributed by atoms with E-state index in [1.807, 2.05) is 30.3 Å². The lowest BCUT2D eigenvalue weighted by Gasteiger charge is -2.25. The monoisotopic (exact) mass is 382 g/mol. The Morgan fingerprint density at radius 3 is 2.56 bits per heavy atom. The van der Waals surface area contributed by atoms with Crippen molar-refractivity contribution in [3.63, 3.8) is 0 Å². The maximum atomic E-state index is 14.4. The minimum absolute atomic E-state index is 0.0186. The zero-order chi connectivity index (χ0) is 19.3. The Morgan fingerprint density at radius 1 is 1.22 bits per heavy atom. The Bertz CT molecular complexity index is 851. The molecule has 0 bridgehead atoms. The van der Waals surface area contributed by atoms with Crippen LogP contribution in [0.3, 0.4) is 0 Å². The molecule has 2 aromatic rings. The largest absolute Gasteiger partial charge is 0.393 e. The van der Waals surface area contributed by atoms with Gasteiger partial charge in [0.25, 0.3) is 5.91 Å². The van der Waals surface area contributed by atoms with Gasteiger partial charge in [-0.15, -0.1) is 5.10 Å². The number of rotatable bonds is 2. The predicted molar refractivity (Wildman–Crippen MR) is 87.7 cm³/mol. The molecule has 0 spiro atoms. The molecule has 27 heavy (non-hydrogen) atoms. The van der Waals surface area contributed by atoms with E-state index in [-0.39, 0.29) is 37.1 Å². The summed E-state index contributed by atoms with van der Waals surface area (Å²) < 4.78 is 54.9. The highest BCUT2D eigenvalue weighted by Gasteiger charge is 2.50. The molecule has 1 saturated heterocycles. The van der Waals surface area contributed by atoms with E-state index in [1.54, 1.807) is 0 Å². The number of likely N-dealkylation sites (tertiary alicyclic amines) is 1. The first-order valence-electron chi connectivity index (χ1n) is 8.80. The van der Waals surface area contributed by atoms with Gasteiger partial charge in [0.1, 0.15) is 0 Å². The number of alkyl halides is 4. The summed E-state index contributed by atoms with van der Waals surface area (Å²) in [5, 5.41) is 4.16. The summed E-state index contributed by atoms with van der Waals surface area (Å²) >= 11 is 0. The second kappa shape index (κ2) is 6.31. The van der Waals surface area contributed by atoms with Crippen molar-refractivity contribution in [3.8, 4) is 0 Å². The number of carbonyl (C=O) groups is 1. The number of hydrogen-bond acceptors (Lipinski definition) is 3. The quantitative estimate of drug-likeness (QED) is 0.745. The van der Waals surface area contributed by atoms with Crippen molar-refractivity contribution in [1.82, 2.24) is 19.7 Å². The average molecular weight is 382 g/mol. The maximum Gasteiger partial charge on any atom is 0.393 e. The van der Waals surface area contributed by atoms with Crippen molar-refractivity contribution < 1.29 is 22.4 Å². The van der Waals surface area contributed by atoms with Gasteiger partial charge in [0.05, 0.1) is 12.0 Å². The third-order valence-corrected chi connectivity index (χ3v) is 5.48. The van der Waals surface area contributed by atoms with E-state index in [1.165, 1.54) is 11.6 Å². The molecule has 0 radical (unpaired) electrons. The highest BCUT2D eigenvalue weighted by atomic mass is 19.4. The molecule has 1 amide bonds.